The molecule has 0 unspecified atom stereocenters. The van der Waals surface area contributed by atoms with Crippen molar-refractivity contribution >= 4 is 29.2 Å². The van der Waals surface area contributed by atoms with Crippen molar-refractivity contribution in [2.45, 2.75) is 51.5 Å². The van der Waals surface area contributed by atoms with E-state index in [1.54, 1.807) is 0 Å². The summed E-state index contributed by atoms with van der Waals surface area (Å²) in [4.78, 5) is 27.2. The molecule has 0 bridgehead atoms. The Balaban J connectivity index is 1.73. The number of halogens is 3. The van der Waals surface area contributed by atoms with Gasteiger partial charge < -0.3 is 10.2 Å². The van der Waals surface area contributed by atoms with E-state index in [1.165, 1.54) is 12.5 Å². The summed E-state index contributed by atoms with van der Waals surface area (Å²) in [6, 6.07) is 3.09. The van der Waals surface area contributed by atoms with Crippen molar-refractivity contribution in [3.05, 3.63) is 46.1 Å². The number of rotatable bonds is 6. The number of anilines is 1. The van der Waals surface area contributed by atoms with E-state index < -0.39 is 17.5 Å². The number of hydrogen-bond donors (Lipinski definition) is 2. The second kappa shape index (κ2) is 9.35. The van der Waals surface area contributed by atoms with Gasteiger partial charge in [0.25, 0.3) is 11.8 Å². The van der Waals surface area contributed by atoms with E-state index in [0.29, 0.717) is 6.54 Å². The van der Waals surface area contributed by atoms with Crippen LogP contribution in [0.4, 0.5) is 14.6 Å². The fourth-order valence-corrected chi connectivity index (χ4v) is 3.85. The van der Waals surface area contributed by atoms with Crippen LogP contribution in [0.1, 0.15) is 66.3 Å². The zero-order valence-electron chi connectivity index (χ0n) is 16.1. The molecule has 1 aromatic heterocycles. The Morgan fingerprint density at radius 2 is 1.90 bits per heavy atom. The van der Waals surface area contributed by atoms with E-state index in [-0.39, 0.29) is 34.0 Å². The van der Waals surface area contributed by atoms with Crippen LogP contribution in [0.3, 0.4) is 0 Å². The smallest absolute Gasteiger partial charge is 0.272 e. The van der Waals surface area contributed by atoms with Gasteiger partial charge >= 0.3 is 0 Å². The quantitative estimate of drug-likeness (QED) is 0.655. The van der Waals surface area contributed by atoms with E-state index in [0.717, 1.165) is 44.2 Å². The number of amides is 2. The lowest BCUT2D eigenvalue weighted by atomic mass is 9.94. The van der Waals surface area contributed by atoms with E-state index in [9.17, 15) is 18.4 Å². The molecule has 0 saturated heterocycles. The molecule has 2 amide bonds. The van der Waals surface area contributed by atoms with Crippen molar-refractivity contribution in [1.29, 1.82) is 0 Å². The molecule has 6 nitrogen and oxygen atoms in total. The predicted molar refractivity (Wildman–Crippen MR) is 106 cm³/mol. The number of nitrogens with one attached hydrogen (secondary N) is 2. The molecule has 1 aliphatic rings. The Morgan fingerprint density at radius 1 is 1.21 bits per heavy atom. The lowest BCUT2D eigenvalue weighted by molar-refractivity contribution is 0.0628. The van der Waals surface area contributed by atoms with Gasteiger partial charge in [-0.3, -0.25) is 14.7 Å². The molecule has 0 atom stereocenters. The standard InChI is InChI=1S/C20H23ClF2N4O2/c1-2-8-27(12-6-4-3-5-7-12)20(29)17-11-18(26-25-17)24-19(28)13-9-15(22)16(23)10-14(13)21/h9-12H,2-8H2,1H3,(H2,24,25,26,28). The minimum Gasteiger partial charge on any atom is -0.334 e. The molecule has 0 spiro atoms. The van der Waals surface area contributed by atoms with Crippen molar-refractivity contribution in [3.63, 3.8) is 0 Å². The number of nitrogens with zero attached hydrogens (tertiary/aromatic N) is 2. The molecule has 2 N–H and O–H groups in total. The minimum atomic E-state index is -1.18. The van der Waals surface area contributed by atoms with Crippen LogP contribution in [0.5, 0.6) is 0 Å². The van der Waals surface area contributed by atoms with E-state index in [4.69, 9.17) is 11.6 Å². The average Bonchev–Trinajstić information content (AvgIpc) is 3.17. The van der Waals surface area contributed by atoms with Gasteiger partial charge in [-0.25, -0.2) is 8.78 Å². The van der Waals surface area contributed by atoms with Crippen LogP contribution < -0.4 is 5.32 Å². The Hall–Kier alpha value is -2.48. The van der Waals surface area contributed by atoms with Gasteiger partial charge in [-0.1, -0.05) is 37.8 Å². The van der Waals surface area contributed by atoms with Crippen molar-refractivity contribution in [2.75, 3.05) is 11.9 Å². The monoisotopic (exact) mass is 424 g/mol. The average molecular weight is 425 g/mol. The van der Waals surface area contributed by atoms with Crippen LogP contribution >= 0.6 is 11.6 Å². The van der Waals surface area contributed by atoms with E-state index in [1.807, 2.05) is 11.8 Å². The zero-order chi connectivity index (χ0) is 21.0. The third kappa shape index (κ3) is 4.93. The molecule has 9 heteroatoms. The molecule has 0 radical (unpaired) electrons. The molecule has 1 fully saturated rings. The molecule has 3 rings (SSSR count). The maximum absolute atomic E-state index is 13.4. The first-order valence-electron chi connectivity index (χ1n) is 9.73. The van der Waals surface area contributed by atoms with Gasteiger partial charge in [0.1, 0.15) is 5.69 Å². The molecule has 156 valence electrons. The fraction of sp³-hybridized carbons (Fsp3) is 0.450. The Labute approximate surface area is 172 Å². The van der Waals surface area contributed by atoms with Gasteiger partial charge in [-0.2, -0.15) is 5.10 Å². The van der Waals surface area contributed by atoms with Gasteiger partial charge in [0.05, 0.1) is 10.6 Å². The normalized spacial score (nSPS) is 14.6. The topological polar surface area (TPSA) is 78.1 Å². The SMILES string of the molecule is CCCN(C(=O)c1cc(NC(=O)c2cc(F)c(F)cc2Cl)n[nH]1)C1CCCCC1. The number of benzene rings is 1. The first-order chi connectivity index (χ1) is 13.9. The molecule has 29 heavy (non-hydrogen) atoms. The molecular weight excluding hydrogens is 402 g/mol. The Kier molecular flexibility index (Phi) is 6.84. The largest absolute Gasteiger partial charge is 0.334 e. The molecule has 1 saturated carbocycles. The highest BCUT2D eigenvalue weighted by atomic mass is 35.5. The van der Waals surface area contributed by atoms with Crippen molar-refractivity contribution < 1.29 is 18.4 Å². The minimum absolute atomic E-state index is 0.0965. The highest BCUT2D eigenvalue weighted by Crippen LogP contribution is 2.25. The second-order valence-electron chi connectivity index (χ2n) is 7.16. The third-order valence-corrected chi connectivity index (χ3v) is 5.36. The first kappa shape index (κ1) is 21.2. The summed E-state index contributed by atoms with van der Waals surface area (Å²) in [6.07, 6.45) is 6.22. The maximum atomic E-state index is 13.4. The summed E-state index contributed by atoms with van der Waals surface area (Å²) in [5, 5.41) is 8.82. The second-order valence-corrected chi connectivity index (χ2v) is 7.56. The van der Waals surface area contributed by atoms with Crippen LogP contribution in [0.15, 0.2) is 18.2 Å². The molecule has 1 heterocycles. The predicted octanol–water partition coefficient (Wildman–Crippen LogP) is 4.78. The van der Waals surface area contributed by atoms with Crippen LogP contribution in [-0.2, 0) is 0 Å². The Morgan fingerprint density at radius 3 is 2.59 bits per heavy atom. The van der Waals surface area contributed by atoms with Gasteiger partial charge in [0.2, 0.25) is 0 Å². The molecule has 1 aromatic carbocycles. The number of aromatic amines is 1. The highest BCUT2D eigenvalue weighted by Gasteiger charge is 2.27. The van der Waals surface area contributed by atoms with Crippen LogP contribution in [-0.4, -0.2) is 39.5 Å². The van der Waals surface area contributed by atoms with Gasteiger partial charge in [0.15, 0.2) is 17.5 Å². The Bertz CT molecular complexity index is 897. The van der Waals surface area contributed by atoms with E-state index >= 15 is 0 Å². The van der Waals surface area contributed by atoms with Crippen molar-refractivity contribution in [3.8, 4) is 0 Å². The number of aromatic nitrogens is 2. The maximum Gasteiger partial charge on any atom is 0.272 e. The van der Waals surface area contributed by atoms with E-state index in [2.05, 4.69) is 15.5 Å². The summed E-state index contributed by atoms with van der Waals surface area (Å²) >= 11 is 5.82. The third-order valence-electron chi connectivity index (χ3n) is 5.05. The summed E-state index contributed by atoms with van der Waals surface area (Å²) < 4.78 is 26.6. The number of H-pyrrole nitrogens is 1. The summed E-state index contributed by atoms with van der Waals surface area (Å²) in [7, 11) is 0. The summed E-state index contributed by atoms with van der Waals surface area (Å²) in [5.41, 5.74) is 0.0342. The fourth-order valence-electron chi connectivity index (χ4n) is 3.61. The van der Waals surface area contributed by atoms with Crippen LogP contribution in [0.25, 0.3) is 0 Å². The number of carbonyl (C=O) groups is 2. The van der Waals surface area contributed by atoms with Gasteiger partial charge in [-0.05, 0) is 31.4 Å². The summed E-state index contributed by atoms with van der Waals surface area (Å²) in [5.74, 6) is -3.15. The van der Waals surface area contributed by atoms with Crippen molar-refractivity contribution in [2.24, 2.45) is 0 Å². The van der Waals surface area contributed by atoms with Crippen LogP contribution in [0.2, 0.25) is 5.02 Å². The zero-order valence-corrected chi connectivity index (χ0v) is 16.9. The first-order valence-corrected chi connectivity index (χ1v) is 10.1. The van der Waals surface area contributed by atoms with Gasteiger partial charge in [-0.15, -0.1) is 0 Å². The molecular formula is C20H23ClF2N4O2. The van der Waals surface area contributed by atoms with Crippen LogP contribution in [0, 0.1) is 11.6 Å². The molecule has 2 aromatic rings. The lowest BCUT2D eigenvalue weighted by Gasteiger charge is -2.33. The van der Waals surface area contributed by atoms with Gasteiger partial charge in [0, 0.05) is 18.7 Å². The number of hydrogen-bond acceptors (Lipinski definition) is 3. The lowest BCUT2D eigenvalue weighted by Crippen LogP contribution is -2.42. The summed E-state index contributed by atoms with van der Waals surface area (Å²) in [6.45, 7) is 2.67. The molecule has 0 aliphatic heterocycles. The molecule has 1 aliphatic carbocycles. The number of carbonyl (C=O) groups excluding carboxylic acids is 2. The highest BCUT2D eigenvalue weighted by molar-refractivity contribution is 6.34. The van der Waals surface area contributed by atoms with Crippen molar-refractivity contribution in [1.82, 2.24) is 15.1 Å².